The molecule has 6 nitrogen and oxygen atoms in total. The SMILES string of the molecule is CCS(=O)(=O)CCC(=O)C(N)c1cnn(C)c1. The van der Waals surface area contributed by atoms with Gasteiger partial charge in [-0.25, -0.2) is 8.42 Å². The Morgan fingerprint density at radius 3 is 2.71 bits per heavy atom. The minimum Gasteiger partial charge on any atom is -0.318 e. The molecule has 0 radical (unpaired) electrons. The van der Waals surface area contributed by atoms with Gasteiger partial charge in [-0.2, -0.15) is 5.10 Å². The first-order chi connectivity index (χ1) is 7.85. The predicted octanol–water partition coefficient (Wildman–Crippen LogP) is -0.186. The Morgan fingerprint density at radius 2 is 2.24 bits per heavy atom. The maximum atomic E-state index is 11.7. The van der Waals surface area contributed by atoms with Crippen LogP contribution in [0.4, 0.5) is 0 Å². The van der Waals surface area contributed by atoms with Crippen molar-refractivity contribution in [3.63, 3.8) is 0 Å². The van der Waals surface area contributed by atoms with Gasteiger partial charge >= 0.3 is 0 Å². The van der Waals surface area contributed by atoms with Crippen LogP contribution in [0.25, 0.3) is 0 Å². The van der Waals surface area contributed by atoms with E-state index < -0.39 is 15.9 Å². The van der Waals surface area contributed by atoms with Gasteiger partial charge in [0.15, 0.2) is 5.78 Å². The number of hydrogen-bond donors (Lipinski definition) is 1. The minimum absolute atomic E-state index is 0.0441. The number of carbonyl (C=O) groups is 1. The lowest BCUT2D eigenvalue weighted by Crippen LogP contribution is -2.23. The molecule has 0 aliphatic rings. The number of rotatable bonds is 6. The number of nitrogens with zero attached hydrogens (tertiary/aromatic N) is 2. The summed E-state index contributed by atoms with van der Waals surface area (Å²) in [7, 11) is -1.40. The summed E-state index contributed by atoms with van der Waals surface area (Å²) in [5.74, 6) is -0.381. The van der Waals surface area contributed by atoms with Gasteiger partial charge in [-0.1, -0.05) is 6.92 Å². The molecule has 0 aromatic carbocycles. The summed E-state index contributed by atoms with van der Waals surface area (Å²) in [6.45, 7) is 1.56. The molecule has 17 heavy (non-hydrogen) atoms. The first-order valence-corrected chi connectivity index (χ1v) is 7.15. The van der Waals surface area contributed by atoms with Crippen molar-refractivity contribution in [2.45, 2.75) is 19.4 Å². The Labute approximate surface area is 101 Å². The lowest BCUT2D eigenvalue weighted by molar-refractivity contribution is -0.120. The first-order valence-electron chi connectivity index (χ1n) is 5.33. The summed E-state index contributed by atoms with van der Waals surface area (Å²) >= 11 is 0. The van der Waals surface area contributed by atoms with Gasteiger partial charge in [0.05, 0.1) is 18.0 Å². The highest BCUT2D eigenvalue weighted by Gasteiger charge is 2.19. The van der Waals surface area contributed by atoms with Crippen LogP contribution in [0.1, 0.15) is 24.9 Å². The highest BCUT2D eigenvalue weighted by Crippen LogP contribution is 2.12. The summed E-state index contributed by atoms with van der Waals surface area (Å²) in [5.41, 5.74) is 6.33. The highest BCUT2D eigenvalue weighted by molar-refractivity contribution is 7.91. The van der Waals surface area contributed by atoms with E-state index in [0.29, 0.717) is 5.56 Å². The van der Waals surface area contributed by atoms with Crippen molar-refractivity contribution in [2.75, 3.05) is 11.5 Å². The van der Waals surface area contributed by atoms with Crippen molar-refractivity contribution in [1.29, 1.82) is 0 Å². The van der Waals surface area contributed by atoms with Gasteiger partial charge in [-0.3, -0.25) is 9.48 Å². The molecule has 2 N–H and O–H groups in total. The number of ketones is 1. The molecule has 0 amide bonds. The van der Waals surface area contributed by atoms with E-state index in [1.807, 2.05) is 0 Å². The quantitative estimate of drug-likeness (QED) is 0.764. The Balaban J connectivity index is 2.60. The van der Waals surface area contributed by atoms with E-state index in [2.05, 4.69) is 5.10 Å². The normalized spacial score (nSPS) is 13.6. The molecule has 1 heterocycles. The molecule has 1 rings (SSSR count). The van der Waals surface area contributed by atoms with Crippen LogP contribution in [-0.2, 0) is 21.7 Å². The van der Waals surface area contributed by atoms with Crippen molar-refractivity contribution < 1.29 is 13.2 Å². The number of carbonyl (C=O) groups excluding carboxylic acids is 1. The van der Waals surface area contributed by atoms with E-state index >= 15 is 0 Å². The average molecular weight is 259 g/mol. The Kier molecular flexibility index (Phi) is 4.41. The molecule has 0 aliphatic carbocycles. The summed E-state index contributed by atoms with van der Waals surface area (Å²) in [6.07, 6.45) is 3.11. The van der Waals surface area contributed by atoms with Crippen LogP contribution in [0.2, 0.25) is 0 Å². The van der Waals surface area contributed by atoms with E-state index in [1.54, 1.807) is 24.9 Å². The topological polar surface area (TPSA) is 95.1 Å². The van der Waals surface area contributed by atoms with Crippen molar-refractivity contribution in [3.8, 4) is 0 Å². The van der Waals surface area contributed by atoms with E-state index in [0.717, 1.165) is 0 Å². The third-order valence-electron chi connectivity index (χ3n) is 2.53. The largest absolute Gasteiger partial charge is 0.318 e. The molecule has 7 heteroatoms. The Morgan fingerprint density at radius 1 is 1.59 bits per heavy atom. The second kappa shape index (κ2) is 5.42. The predicted molar refractivity (Wildman–Crippen MR) is 64.1 cm³/mol. The number of sulfone groups is 1. The fraction of sp³-hybridized carbons (Fsp3) is 0.600. The maximum absolute atomic E-state index is 11.7. The summed E-state index contributed by atoms with van der Waals surface area (Å²) in [6, 6.07) is -0.796. The van der Waals surface area contributed by atoms with E-state index in [4.69, 9.17) is 5.73 Å². The van der Waals surface area contributed by atoms with Crippen LogP contribution in [0.3, 0.4) is 0 Å². The van der Waals surface area contributed by atoms with Crippen molar-refractivity contribution in [3.05, 3.63) is 18.0 Å². The zero-order valence-corrected chi connectivity index (χ0v) is 10.8. The smallest absolute Gasteiger partial charge is 0.155 e. The highest BCUT2D eigenvalue weighted by atomic mass is 32.2. The fourth-order valence-electron chi connectivity index (χ4n) is 1.34. The molecule has 0 saturated heterocycles. The van der Waals surface area contributed by atoms with Crippen LogP contribution in [-0.4, -0.2) is 35.5 Å². The standard InChI is InChI=1S/C10H17N3O3S/c1-3-17(15,16)5-4-9(14)10(11)8-6-12-13(2)7-8/h6-7,10H,3-5,11H2,1-2H3. The number of aryl methyl sites for hydroxylation is 1. The van der Waals surface area contributed by atoms with Crippen molar-refractivity contribution in [1.82, 2.24) is 9.78 Å². The van der Waals surface area contributed by atoms with Crippen LogP contribution in [0.5, 0.6) is 0 Å². The lowest BCUT2D eigenvalue weighted by Gasteiger charge is -2.07. The monoisotopic (exact) mass is 259 g/mol. The molecule has 0 bridgehead atoms. The second-order valence-corrected chi connectivity index (χ2v) is 6.35. The van der Waals surface area contributed by atoms with E-state index in [9.17, 15) is 13.2 Å². The van der Waals surface area contributed by atoms with Gasteiger partial charge in [0.1, 0.15) is 9.84 Å². The van der Waals surface area contributed by atoms with Crippen molar-refractivity contribution >= 4 is 15.6 Å². The molecular formula is C10H17N3O3S. The summed E-state index contributed by atoms with van der Waals surface area (Å²) in [4.78, 5) is 11.7. The molecule has 1 aromatic heterocycles. The van der Waals surface area contributed by atoms with Crippen LogP contribution in [0, 0.1) is 0 Å². The zero-order valence-electron chi connectivity index (χ0n) is 9.96. The third kappa shape index (κ3) is 3.94. The second-order valence-electron chi connectivity index (χ2n) is 3.88. The molecule has 96 valence electrons. The molecular weight excluding hydrogens is 242 g/mol. The van der Waals surface area contributed by atoms with Gasteiger partial charge in [-0.15, -0.1) is 0 Å². The fourth-order valence-corrected chi connectivity index (χ4v) is 2.14. The van der Waals surface area contributed by atoms with Gasteiger partial charge in [0.25, 0.3) is 0 Å². The molecule has 0 fully saturated rings. The molecule has 0 spiro atoms. The van der Waals surface area contributed by atoms with Crippen molar-refractivity contribution in [2.24, 2.45) is 12.8 Å². The van der Waals surface area contributed by atoms with Crippen LogP contribution < -0.4 is 5.73 Å². The maximum Gasteiger partial charge on any atom is 0.155 e. The van der Waals surface area contributed by atoms with Gasteiger partial charge in [0.2, 0.25) is 0 Å². The number of hydrogen-bond acceptors (Lipinski definition) is 5. The molecule has 1 aromatic rings. The minimum atomic E-state index is -3.12. The van der Waals surface area contributed by atoms with Gasteiger partial charge in [0, 0.05) is 31.0 Å². The Hall–Kier alpha value is -1.21. The lowest BCUT2D eigenvalue weighted by atomic mass is 10.1. The zero-order chi connectivity index (χ0) is 13.1. The third-order valence-corrected chi connectivity index (χ3v) is 4.24. The van der Waals surface area contributed by atoms with E-state index in [-0.39, 0.29) is 23.7 Å². The Bertz CT molecular complexity index is 493. The first kappa shape index (κ1) is 13.9. The van der Waals surface area contributed by atoms with Crippen LogP contribution >= 0.6 is 0 Å². The molecule has 0 aliphatic heterocycles. The number of nitrogens with two attached hydrogens (primary N) is 1. The van der Waals surface area contributed by atoms with Gasteiger partial charge in [-0.05, 0) is 0 Å². The van der Waals surface area contributed by atoms with Crippen LogP contribution in [0.15, 0.2) is 12.4 Å². The summed E-state index contributed by atoms with van der Waals surface area (Å²) < 4.78 is 24.1. The summed E-state index contributed by atoms with van der Waals surface area (Å²) in [5, 5.41) is 3.91. The number of Topliss-reactive ketones (excluding diaryl/α,β-unsaturated/α-hetero) is 1. The van der Waals surface area contributed by atoms with E-state index in [1.165, 1.54) is 6.20 Å². The molecule has 0 saturated carbocycles. The number of aromatic nitrogens is 2. The average Bonchev–Trinajstić information content (AvgIpc) is 2.72. The molecule has 1 atom stereocenters. The van der Waals surface area contributed by atoms with Gasteiger partial charge < -0.3 is 5.73 Å². The molecule has 1 unspecified atom stereocenters.